The van der Waals surface area contributed by atoms with Crippen molar-refractivity contribution in [3.63, 3.8) is 0 Å². The van der Waals surface area contributed by atoms with Crippen LogP contribution in [0, 0.1) is 11.8 Å². The first-order valence-corrected chi connectivity index (χ1v) is 7.24. The Bertz CT molecular complexity index is 407. The molecule has 17 heavy (non-hydrogen) atoms. The lowest BCUT2D eigenvalue weighted by Gasteiger charge is -2.18. The first-order valence-electron chi connectivity index (χ1n) is 6.45. The van der Waals surface area contributed by atoms with Gasteiger partial charge in [0.2, 0.25) is 0 Å². The number of benzene rings is 1. The third kappa shape index (κ3) is 2.42. The Morgan fingerprint density at radius 3 is 2.94 bits per heavy atom. The van der Waals surface area contributed by atoms with Crippen LogP contribution in [0.4, 0.5) is 0 Å². The summed E-state index contributed by atoms with van der Waals surface area (Å²) in [6.45, 7) is 3.50. The monoisotopic (exact) mass is 294 g/mol. The zero-order valence-electron chi connectivity index (χ0n) is 9.98. The summed E-state index contributed by atoms with van der Waals surface area (Å²) in [6, 6.07) is 9.07. The van der Waals surface area contributed by atoms with Crippen LogP contribution in [0.2, 0.25) is 0 Å². The summed E-state index contributed by atoms with van der Waals surface area (Å²) in [6.07, 6.45) is 2.57. The highest BCUT2D eigenvalue weighted by molar-refractivity contribution is 9.10. The normalized spacial score (nSPS) is 32.9. The second-order valence-corrected chi connectivity index (χ2v) is 6.40. The molecule has 1 aromatic rings. The lowest BCUT2D eigenvalue weighted by atomic mass is 9.98. The SMILES string of the molecule is NC1CCC2CN(Cc3cccc(Br)c3)CC12. The van der Waals surface area contributed by atoms with Crippen LogP contribution in [0.5, 0.6) is 0 Å². The van der Waals surface area contributed by atoms with Gasteiger partial charge in [-0.2, -0.15) is 0 Å². The summed E-state index contributed by atoms with van der Waals surface area (Å²) >= 11 is 3.53. The second kappa shape index (κ2) is 4.71. The van der Waals surface area contributed by atoms with Gasteiger partial charge in [-0.1, -0.05) is 28.1 Å². The molecule has 92 valence electrons. The van der Waals surface area contributed by atoms with Crippen molar-refractivity contribution in [3.8, 4) is 0 Å². The minimum Gasteiger partial charge on any atom is -0.327 e. The van der Waals surface area contributed by atoms with Gasteiger partial charge in [-0.3, -0.25) is 4.90 Å². The van der Waals surface area contributed by atoms with Gasteiger partial charge in [0.05, 0.1) is 0 Å². The highest BCUT2D eigenvalue weighted by Crippen LogP contribution is 2.37. The standard InChI is InChI=1S/C14H19BrN2/c15-12-3-1-2-10(6-12)7-17-8-11-4-5-14(16)13(11)9-17/h1-3,6,11,13-14H,4-5,7-9,16H2. The van der Waals surface area contributed by atoms with Crippen LogP contribution in [0.1, 0.15) is 18.4 Å². The average molecular weight is 295 g/mol. The molecule has 3 rings (SSSR count). The Labute approximate surface area is 111 Å². The van der Waals surface area contributed by atoms with Crippen molar-refractivity contribution >= 4 is 15.9 Å². The molecule has 1 aliphatic carbocycles. The Hall–Kier alpha value is -0.380. The molecule has 1 aliphatic heterocycles. The van der Waals surface area contributed by atoms with Gasteiger partial charge < -0.3 is 5.73 Å². The smallest absolute Gasteiger partial charge is 0.0234 e. The van der Waals surface area contributed by atoms with E-state index in [1.807, 2.05) is 0 Å². The van der Waals surface area contributed by atoms with Crippen LogP contribution in [0.25, 0.3) is 0 Å². The number of nitrogens with zero attached hydrogens (tertiary/aromatic N) is 1. The predicted molar refractivity (Wildman–Crippen MR) is 73.6 cm³/mol. The average Bonchev–Trinajstić information content (AvgIpc) is 2.82. The highest BCUT2D eigenvalue weighted by atomic mass is 79.9. The number of nitrogens with two attached hydrogens (primary N) is 1. The molecule has 2 nitrogen and oxygen atoms in total. The molecule has 0 spiro atoms. The van der Waals surface area contributed by atoms with E-state index in [1.54, 1.807) is 0 Å². The van der Waals surface area contributed by atoms with E-state index in [-0.39, 0.29) is 0 Å². The summed E-state index contributed by atoms with van der Waals surface area (Å²) in [5.74, 6) is 1.61. The summed E-state index contributed by atoms with van der Waals surface area (Å²) < 4.78 is 1.17. The highest BCUT2D eigenvalue weighted by Gasteiger charge is 2.40. The molecule has 1 saturated carbocycles. The molecule has 0 bridgehead atoms. The maximum absolute atomic E-state index is 6.17. The fourth-order valence-corrected chi connectivity index (χ4v) is 3.87. The largest absolute Gasteiger partial charge is 0.327 e. The van der Waals surface area contributed by atoms with Crippen LogP contribution in [-0.2, 0) is 6.54 Å². The van der Waals surface area contributed by atoms with Crippen molar-refractivity contribution in [2.45, 2.75) is 25.4 Å². The molecule has 1 saturated heterocycles. The van der Waals surface area contributed by atoms with Gasteiger partial charge in [0, 0.05) is 30.1 Å². The summed E-state index contributed by atoms with van der Waals surface area (Å²) in [5.41, 5.74) is 7.56. The van der Waals surface area contributed by atoms with Crippen molar-refractivity contribution in [1.29, 1.82) is 0 Å². The molecule has 2 N–H and O–H groups in total. The molecule has 0 radical (unpaired) electrons. The van der Waals surface area contributed by atoms with E-state index in [9.17, 15) is 0 Å². The van der Waals surface area contributed by atoms with E-state index in [1.165, 1.54) is 36.0 Å². The molecule has 2 aliphatic rings. The van der Waals surface area contributed by atoms with E-state index in [0.29, 0.717) is 6.04 Å². The fourth-order valence-electron chi connectivity index (χ4n) is 3.42. The summed E-state index contributed by atoms with van der Waals surface area (Å²) in [4.78, 5) is 2.57. The Balaban J connectivity index is 1.64. The van der Waals surface area contributed by atoms with Crippen molar-refractivity contribution in [1.82, 2.24) is 4.90 Å². The minimum absolute atomic E-state index is 0.451. The van der Waals surface area contributed by atoms with Gasteiger partial charge in [-0.15, -0.1) is 0 Å². The lowest BCUT2D eigenvalue weighted by Crippen LogP contribution is -2.30. The third-order valence-electron chi connectivity index (χ3n) is 4.28. The first-order chi connectivity index (χ1) is 8.22. The Morgan fingerprint density at radius 1 is 1.29 bits per heavy atom. The zero-order valence-corrected chi connectivity index (χ0v) is 11.6. The van der Waals surface area contributed by atoms with E-state index in [0.717, 1.165) is 18.4 Å². The molecular weight excluding hydrogens is 276 g/mol. The van der Waals surface area contributed by atoms with Gasteiger partial charge in [0.25, 0.3) is 0 Å². The number of halogens is 1. The Morgan fingerprint density at radius 2 is 2.18 bits per heavy atom. The van der Waals surface area contributed by atoms with Crippen LogP contribution < -0.4 is 5.73 Å². The topological polar surface area (TPSA) is 29.3 Å². The number of fused-ring (bicyclic) bond motifs is 1. The molecule has 1 aromatic carbocycles. The van der Waals surface area contributed by atoms with Gasteiger partial charge in [-0.05, 0) is 42.4 Å². The van der Waals surface area contributed by atoms with E-state index in [2.05, 4.69) is 45.1 Å². The molecular formula is C14H19BrN2. The summed E-state index contributed by atoms with van der Waals surface area (Å²) in [7, 11) is 0. The van der Waals surface area contributed by atoms with Crippen molar-refractivity contribution in [2.24, 2.45) is 17.6 Å². The molecule has 2 fully saturated rings. The van der Waals surface area contributed by atoms with E-state index in [4.69, 9.17) is 5.73 Å². The maximum Gasteiger partial charge on any atom is 0.0234 e. The number of rotatable bonds is 2. The zero-order chi connectivity index (χ0) is 11.8. The molecule has 0 aromatic heterocycles. The molecule has 3 heteroatoms. The number of hydrogen-bond acceptors (Lipinski definition) is 2. The molecule has 1 heterocycles. The second-order valence-electron chi connectivity index (χ2n) is 5.49. The van der Waals surface area contributed by atoms with Crippen LogP contribution >= 0.6 is 15.9 Å². The van der Waals surface area contributed by atoms with Gasteiger partial charge in [0.15, 0.2) is 0 Å². The van der Waals surface area contributed by atoms with Gasteiger partial charge >= 0.3 is 0 Å². The maximum atomic E-state index is 6.17. The third-order valence-corrected chi connectivity index (χ3v) is 4.78. The predicted octanol–water partition coefficient (Wildman–Crippen LogP) is 2.62. The van der Waals surface area contributed by atoms with Crippen LogP contribution in [0.15, 0.2) is 28.7 Å². The van der Waals surface area contributed by atoms with E-state index >= 15 is 0 Å². The number of likely N-dealkylation sites (tertiary alicyclic amines) is 1. The van der Waals surface area contributed by atoms with Crippen LogP contribution in [0.3, 0.4) is 0 Å². The van der Waals surface area contributed by atoms with Crippen molar-refractivity contribution in [3.05, 3.63) is 34.3 Å². The fraction of sp³-hybridized carbons (Fsp3) is 0.571. The lowest BCUT2D eigenvalue weighted by molar-refractivity contribution is 0.298. The molecule has 3 unspecified atom stereocenters. The first kappa shape index (κ1) is 11.7. The minimum atomic E-state index is 0.451. The van der Waals surface area contributed by atoms with Crippen molar-refractivity contribution in [2.75, 3.05) is 13.1 Å². The van der Waals surface area contributed by atoms with E-state index < -0.39 is 0 Å². The van der Waals surface area contributed by atoms with Crippen molar-refractivity contribution < 1.29 is 0 Å². The van der Waals surface area contributed by atoms with Gasteiger partial charge in [0.1, 0.15) is 0 Å². The van der Waals surface area contributed by atoms with Gasteiger partial charge in [-0.25, -0.2) is 0 Å². The molecule has 3 atom stereocenters. The number of hydrogen-bond donors (Lipinski definition) is 1. The van der Waals surface area contributed by atoms with Crippen LogP contribution in [-0.4, -0.2) is 24.0 Å². The Kier molecular flexibility index (Phi) is 3.24. The quantitative estimate of drug-likeness (QED) is 0.909. The molecule has 0 amide bonds. The summed E-state index contributed by atoms with van der Waals surface area (Å²) in [5, 5.41) is 0.